The molecule has 66 valence electrons. The van der Waals surface area contributed by atoms with Crippen LogP contribution >= 0.6 is 0 Å². The van der Waals surface area contributed by atoms with Gasteiger partial charge in [0.1, 0.15) is 6.07 Å². The average Bonchev–Trinajstić information content (AvgIpc) is 2.15. The molecule has 0 saturated carbocycles. The zero-order valence-corrected chi connectivity index (χ0v) is 7.61. The zero-order valence-electron chi connectivity index (χ0n) is 7.61. The van der Waals surface area contributed by atoms with Crippen LogP contribution in [0.15, 0.2) is 23.4 Å². The number of hydrogen-bond donors (Lipinski definition) is 0. The van der Waals surface area contributed by atoms with Gasteiger partial charge in [-0.2, -0.15) is 5.26 Å². The Labute approximate surface area is 77.2 Å². The van der Waals surface area contributed by atoms with Crippen molar-refractivity contribution < 1.29 is 4.84 Å². The van der Waals surface area contributed by atoms with Crippen LogP contribution in [0.5, 0.6) is 5.75 Å². The number of benzene rings is 1. The third-order valence-electron chi connectivity index (χ3n) is 1.58. The summed E-state index contributed by atoms with van der Waals surface area (Å²) >= 11 is 0. The second-order valence-electron chi connectivity index (χ2n) is 2.52. The summed E-state index contributed by atoms with van der Waals surface area (Å²) in [5, 5.41) is 12.4. The second kappa shape index (κ2) is 4.27. The summed E-state index contributed by atoms with van der Waals surface area (Å²) in [7, 11) is 0. The lowest BCUT2D eigenvalue weighted by atomic mass is 10.1. The molecule has 0 aliphatic carbocycles. The van der Waals surface area contributed by atoms with Gasteiger partial charge in [0, 0.05) is 6.21 Å². The SMILES string of the molecule is CC=NOc1c(C)cccc1C#N. The standard InChI is InChI=1S/C10H10N2O/c1-3-12-13-10-8(2)5-4-6-9(10)7-11/h3-6H,1-2H3. The molecule has 0 atom stereocenters. The Hall–Kier alpha value is -1.82. The van der Waals surface area contributed by atoms with Crippen LogP contribution in [-0.4, -0.2) is 6.21 Å². The summed E-state index contributed by atoms with van der Waals surface area (Å²) in [6.07, 6.45) is 1.54. The fourth-order valence-electron chi connectivity index (χ4n) is 0.967. The zero-order chi connectivity index (χ0) is 9.68. The van der Waals surface area contributed by atoms with Crippen molar-refractivity contribution in [1.82, 2.24) is 0 Å². The first-order valence-corrected chi connectivity index (χ1v) is 3.94. The number of nitriles is 1. The lowest BCUT2D eigenvalue weighted by Crippen LogP contribution is -1.90. The average molecular weight is 174 g/mol. The minimum absolute atomic E-state index is 0.505. The van der Waals surface area contributed by atoms with Crippen molar-refractivity contribution in [2.24, 2.45) is 5.16 Å². The Kier molecular flexibility index (Phi) is 3.04. The topological polar surface area (TPSA) is 45.4 Å². The Morgan fingerprint density at radius 3 is 2.92 bits per heavy atom. The van der Waals surface area contributed by atoms with Crippen molar-refractivity contribution in [3.05, 3.63) is 29.3 Å². The van der Waals surface area contributed by atoms with Crippen molar-refractivity contribution >= 4 is 6.21 Å². The maximum Gasteiger partial charge on any atom is 0.178 e. The quantitative estimate of drug-likeness (QED) is 0.510. The summed E-state index contributed by atoms with van der Waals surface area (Å²) in [4.78, 5) is 5.05. The van der Waals surface area contributed by atoms with Crippen LogP contribution in [0.4, 0.5) is 0 Å². The molecule has 0 N–H and O–H groups in total. The highest BCUT2D eigenvalue weighted by Crippen LogP contribution is 2.22. The van der Waals surface area contributed by atoms with Crippen LogP contribution in [0.25, 0.3) is 0 Å². The first-order valence-electron chi connectivity index (χ1n) is 3.94. The summed E-state index contributed by atoms with van der Waals surface area (Å²) in [5.74, 6) is 0.531. The lowest BCUT2D eigenvalue weighted by molar-refractivity contribution is 0.340. The molecule has 0 heterocycles. The van der Waals surface area contributed by atoms with E-state index in [4.69, 9.17) is 10.1 Å². The van der Waals surface area contributed by atoms with Gasteiger partial charge in [0.2, 0.25) is 0 Å². The number of hydrogen-bond acceptors (Lipinski definition) is 3. The lowest BCUT2D eigenvalue weighted by Gasteiger charge is -2.03. The number of rotatable bonds is 2. The van der Waals surface area contributed by atoms with Crippen molar-refractivity contribution in [1.29, 1.82) is 5.26 Å². The summed E-state index contributed by atoms with van der Waals surface area (Å²) < 4.78 is 0. The summed E-state index contributed by atoms with van der Waals surface area (Å²) in [6, 6.07) is 7.44. The number of oxime groups is 1. The van der Waals surface area contributed by atoms with E-state index in [9.17, 15) is 0 Å². The van der Waals surface area contributed by atoms with E-state index in [-0.39, 0.29) is 0 Å². The Bertz CT molecular complexity index is 364. The molecule has 1 aromatic carbocycles. The molecule has 0 bridgehead atoms. The van der Waals surface area contributed by atoms with Crippen molar-refractivity contribution in [2.75, 3.05) is 0 Å². The predicted octanol–water partition coefficient (Wildman–Crippen LogP) is 2.25. The van der Waals surface area contributed by atoms with Gasteiger partial charge in [0.15, 0.2) is 5.75 Å². The maximum atomic E-state index is 8.76. The molecule has 3 heteroatoms. The first-order chi connectivity index (χ1) is 6.29. The molecule has 0 saturated heterocycles. The molecule has 1 aromatic rings. The molecule has 0 amide bonds. The maximum absolute atomic E-state index is 8.76. The Morgan fingerprint density at radius 2 is 2.31 bits per heavy atom. The largest absolute Gasteiger partial charge is 0.356 e. The summed E-state index contributed by atoms with van der Waals surface area (Å²) in [5.41, 5.74) is 1.41. The molecular formula is C10H10N2O. The van der Waals surface area contributed by atoms with Crippen molar-refractivity contribution in [2.45, 2.75) is 13.8 Å². The Morgan fingerprint density at radius 1 is 1.54 bits per heavy atom. The monoisotopic (exact) mass is 174 g/mol. The minimum Gasteiger partial charge on any atom is -0.356 e. The van der Waals surface area contributed by atoms with Crippen LogP contribution in [0.3, 0.4) is 0 Å². The van der Waals surface area contributed by atoms with E-state index in [1.165, 1.54) is 6.21 Å². The molecule has 0 spiro atoms. The highest BCUT2D eigenvalue weighted by Gasteiger charge is 2.05. The third kappa shape index (κ3) is 2.06. The van der Waals surface area contributed by atoms with Gasteiger partial charge in [0.25, 0.3) is 0 Å². The van der Waals surface area contributed by atoms with Gasteiger partial charge in [-0.1, -0.05) is 17.3 Å². The predicted molar refractivity (Wildman–Crippen MR) is 50.7 cm³/mol. The van der Waals surface area contributed by atoms with Crippen LogP contribution < -0.4 is 4.84 Å². The van der Waals surface area contributed by atoms with E-state index < -0.39 is 0 Å². The minimum atomic E-state index is 0.505. The van der Waals surface area contributed by atoms with E-state index in [0.717, 1.165) is 5.56 Å². The molecule has 0 aliphatic rings. The van der Waals surface area contributed by atoms with Crippen LogP contribution in [0.1, 0.15) is 18.1 Å². The van der Waals surface area contributed by atoms with Gasteiger partial charge in [-0.15, -0.1) is 0 Å². The third-order valence-corrected chi connectivity index (χ3v) is 1.58. The number of para-hydroxylation sites is 1. The summed E-state index contributed by atoms with van der Waals surface area (Å²) in [6.45, 7) is 3.63. The van der Waals surface area contributed by atoms with Crippen LogP contribution in [-0.2, 0) is 0 Å². The molecule has 0 aliphatic heterocycles. The Balaban J connectivity index is 3.09. The molecule has 0 fully saturated rings. The van der Waals surface area contributed by atoms with Gasteiger partial charge in [0.05, 0.1) is 5.56 Å². The van der Waals surface area contributed by atoms with Gasteiger partial charge in [-0.05, 0) is 25.5 Å². The smallest absolute Gasteiger partial charge is 0.178 e. The number of nitrogens with zero attached hydrogens (tertiary/aromatic N) is 2. The van der Waals surface area contributed by atoms with Gasteiger partial charge in [-0.25, -0.2) is 0 Å². The van der Waals surface area contributed by atoms with E-state index in [1.807, 2.05) is 25.1 Å². The molecule has 0 aromatic heterocycles. The first kappa shape index (κ1) is 9.27. The van der Waals surface area contributed by atoms with Crippen molar-refractivity contribution in [3.63, 3.8) is 0 Å². The second-order valence-corrected chi connectivity index (χ2v) is 2.52. The molecule has 13 heavy (non-hydrogen) atoms. The highest BCUT2D eigenvalue weighted by atomic mass is 16.6. The molecular weight excluding hydrogens is 164 g/mol. The van der Waals surface area contributed by atoms with Gasteiger partial charge >= 0.3 is 0 Å². The fraction of sp³-hybridized carbons (Fsp3) is 0.200. The normalized spacial score (nSPS) is 9.92. The highest BCUT2D eigenvalue weighted by molar-refractivity contribution is 5.53. The van der Waals surface area contributed by atoms with E-state index in [2.05, 4.69) is 5.16 Å². The van der Waals surface area contributed by atoms with Gasteiger partial charge in [-0.3, -0.25) is 0 Å². The van der Waals surface area contributed by atoms with Crippen LogP contribution in [0, 0.1) is 18.3 Å². The molecule has 3 nitrogen and oxygen atoms in total. The number of aryl methyl sites for hydroxylation is 1. The molecule has 0 unspecified atom stereocenters. The molecule has 0 radical (unpaired) electrons. The van der Waals surface area contributed by atoms with E-state index in [0.29, 0.717) is 11.3 Å². The molecule has 1 rings (SSSR count). The van der Waals surface area contributed by atoms with E-state index in [1.54, 1.807) is 13.0 Å². The fourth-order valence-corrected chi connectivity index (χ4v) is 0.967. The van der Waals surface area contributed by atoms with E-state index >= 15 is 0 Å². The van der Waals surface area contributed by atoms with Crippen molar-refractivity contribution in [3.8, 4) is 11.8 Å². The van der Waals surface area contributed by atoms with Crippen LogP contribution in [0.2, 0.25) is 0 Å². The van der Waals surface area contributed by atoms with Gasteiger partial charge < -0.3 is 4.84 Å².